The number of allylic oxidation sites excluding steroid dienone is 1. The van der Waals surface area contributed by atoms with Gasteiger partial charge in [0.25, 0.3) is 5.91 Å². The Morgan fingerprint density at radius 3 is 2.73 bits per heavy atom. The third-order valence-electron chi connectivity index (χ3n) is 2.55. The van der Waals surface area contributed by atoms with E-state index in [1.54, 1.807) is 23.3 Å². The number of fused-ring (bicyclic) bond motifs is 1. The lowest BCUT2D eigenvalue weighted by Crippen LogP contribution is -2.25. The largest absolute Gasteiger partial charge is 0.471 e. The maximum Gasteiger partial charge on any atom is 0.254 e. The number of carbonyl (C=O) groups excluding carboxylic acids is 1. The van der Waals surface area contributed by atoms with Crippen LogP contribution in [0.5, 0.6) is 0 Å². The first-order valence-corrected chi connectivity index (χ1v) is 4.78. The first kappa shape index (κ1) is 8.29. The monoisotopic (exact) mass is 199 g/mol. The van der Waals surface area contributed by atoms with Gasteiger partial charge in [0, 0.05) is 11.6 Å². The Morgan fingerprint density at radius 1 is 1.13 bits per heavy atom. The minimum atomic E-state index is -0.302. The molecule has 2 aliphatic rings. The van der Waals surface area contributed by atoms with Gasteiger partial charge in [0.1, 0.15) is 6.26 Å². The minimum Gasteiger partial charge on any atom is -0.471 e. The molecule has 0 bridgehead atoms. The van der Waals surface area contributed by atoms with Crippen LogP contribution in [-0.2, 0) is 9.53 Å². The highest BCUT2D eigenvalue weighted by molar-refractivity contribution is 5.93. The Labute approximate surface area is 87.3 Å². The van der Waals surface area contributed by atoms with Crippen molar-refractivity contribution in [2.24, 2.45) is 0 Å². The molecule has 0 spiro atoms. The van der Waals surface area contributed by atoms with Crippen LogP contribution >= 0.6 is 0 Å². The number of hydrogen-bond donors (Lipinski definition) is 0. The molecule has 1 unspecified atom stereocenters. The lowest BCUT2D eigenvalue weighted by atomic mass is 10.2. The Hall–Kier alpha value is -2.03. The Morgan fingerprint density at radius 2 is 1.93 bits per heavy atom. The van der Waals surface area contributed by atoms with E-state index < -0.39 is 0 Å². The number of hydrogen-bond acceptors (Lipinski definition) is 2. The van der Waals surface area contributed by atoms with E-state index >= 15 is 0 Å². The fraction of sp³-hybridized carbons (Fsp3) is 0.0833. The van der Waals surface area contributed by atoms with E-state index in [4.69, 9.17) is 4.74 Å². The summed E-state index contributed by atoms with van der Waals surface area (Å²) in [7, 11) is 0. The van der Waals surface area contributed by atoms with Crippen molar-refractivity contribution in [1.82, 2.24) is 4.90 Å². The second-order valence-corrected chi connectivity index (χ2v) is 3.48. The van der Waals surface area contributed by atoms with E-state index in [0.717, 1.165) is 11.3 Å². The van der Waals surface area contributed by atoms with Crippen LogP contribution in [0.1, 0.15) is 11.8 Å². The molecule has 3 rings (SSSR count). The number of benzene rings is 1. The molecule has 0 aromatic heterocycles. The number of nitrogens with zero attached hydrogens (tertiary/aromatic N) is 1. The lowest BCUT2D eigenvalue weighted by Gasteiger charge is -2.21. The van der Waals surface area contributed by atoms with Crippen LogP contribution in [0.25, 0.3) is 0 Å². The molecule has 0 saturated carbocycles. The zero-order valence-electron chi connectivity index (χ0n) is 7.96. The molecule has 1 atom stereocenters. The van der Waals surface area contributed by atoms with Gasteiger partial charge in [-0.05, 0) is 6.08 Å². The standard InChI is InChI=1S/C12H9NO2/c14-11-7-6-10-8-15-12(13(10)11)9-4-2-1-3-5-9/h1-8,12H. The Balaban J connectivity index is 1.96. The van der Waals surface area contributed by atoms with Crippen molar-refractivity contribution in [2.75, 3.05) is 0 Å². The predicted octanol–water partition coefficient (Wildman–Crippen LogP) is 1.96. The fourth-order valence-corrected chi connectivity index (χ4v) is 1.83. The van der Waals surface area contributed by atoms with Gasteiger partial charge in [-0.15, -0.1) is 0 Å². The zero-order valence-corrected chi connectivity index (χ0v) is 7.96. The van der Waals surface area contributed by atoms with Gasteiger partial charge in [-0.2, -0.15) is 0 Å². The van der Waals surface area contributed by atoms with Gasteiger partial charge < -0.3 is 4.74 Å². The molecule has 1 amide bonds. The maximum atomic E-state index is 11.6. The first-order chi connectivity index (χ1) is 7.36. The lowest BCUT2D eigenvalue weighted by molar-refractivity contribution is -0.129. The van der Waals surface area contributed by atoms with Crippen LogP contribution in [0.2, 0.25) is 0 Å². The molecule has 0 radical (unpaired) electrons. The Bertz CT molecular complexity index is 462. The summed E-state index contributed by atoms with van der Waals surface area (Å²) in [6, 6.07) is 9.71. The molecular formula is C12H9NO2. The van der Waals surface area contributed by atoms with Gasteiger partial charge in [-0.25, -0.2) is 0 Å². The molecule has 15 heavy (non-hydrogen) atoms. The molecule has 0 N–H and O–H groups in total. The summed E-state index contributed by atoms with van der Waals surface area (Å²) in [4.78, 5) is 13.2. The summed E-state index contributed by atoms with van der Waals surface area (Å²) in [5, 5.41) is 0. The zero-order chi connectivity index (χ0) is 10.3. The number of ether oxygens (including phenoxy) is 1. The van der Waals surface area contributed by atoms with E-state index in [1.807, 2.05) is 30.3 Å². The van der Waals surface area contributed by atoms with Crippen molar-refractivity contribution in [3.8, 4) is 0 Å². The average molecular weight is 199 g/mol. The molecule has 0 fully saturated rings. The topological polar surface area (TPSA) is 29.5 Å². The van der Waals surface area contributed by atoms with E-state index in [1.165, 1.54) is 0 Å². The van der Waals surface area contributed by atoms with Gasteiger partial charge in [0.2, 0.25) is 6.23 Å². The van der Waals surface area contributed by atoms with Crippen LogP contribution in [0.15, 0.2) is 54.4 Å². The summed E-state index contributed by atoms with van der Waals surface area (Å²) >= 11 is 0. The van der Waals surface area contributed by atoms with Gasteiger partial charge in [0.15, 0.2) is 0 Å². The van der Waals surface area contributed by atoms with Crippen molar-refractivity contribution in [3.05, 3.63) is 60.0 Å². The van der Waals surface area contributed by atoms with Crippen LogP contribution in [0, 0.1) is 0 Å². The van der Waals surface area contributed by atoms with Crippen molar-refractivity contribution in [3.63, 3.8) is 0 Å². The third-order valence-corrected chi connectivity index (χ3v) is 2.55. The third kappa shape index (κ3) is 1.16. The fourth-order valence-electron chi connectivity index (χ4n) is 1.83. The summed E-state index contributed by atoms with van der Waals surface area (Å²) in [5.74, 6) is -0.0207. The van der Waals surface area contributed by atoms with Gasteiger partial charge in [0.05, 0.1) is 5.70 Å². The maximum absolute atomic E-state index is 11.6. The molecular weight excluding hydrogens is 190 g/mol. The first-order valence-electron chi connectivity index (χ1n) is 4.78. The quantitative estimate of drug-likeness (QED) is 0.691. The summed E-state index contributed by atoms with van der Waals surface area (Å²) in [5.41, 5.74) is 1.81. The Kier molecular flexibility index (Phi) is 1.65. The van der Waals surface area contributed by atoms with E-state index in [2.05, 4.69) is 0 Å². The van der Waals surface area contributed by atoms with Crippen LogP contribution in [-0.4, -0.2) is 10.8 Å². The van der Waals surface area contributed by atoms with Gasteiger partial charge >= 0.3 is 0 Å². The number of amides is 1. The van der Waals surface area contributed by atoms with E-state index in [0.29, 0.717) is 0 Å². The smallest absolute Gasteiger partial charge is 0.254 e. The molecule has 3 nitrogen and oxygen atoms in total. The highest BCUT2D eigenvalue weighted by Gasteiger charge is 2.34. The second kappa shape index (κ2) is 2.98. The average Bonchev–Trinajstić information content (AvgIpc) is 2.84. The van der Waals surface area contributed by atoms with Crippen molar-refractivity contribution in [1.29, 1.82) is 0 Å². The van der Waals surface area contributed by atoms with E-state index in [-0.39, 0.29) is 12.1 Å². The highest BCUT2D eigenvalue weighted by Crippen LogP contribution is 2.35. The molecule has 3 heteroatoms. The molecule has 74 valence electrons. The van der Waals surface area contributed by atoms with Crippen molar-refractivity contribution in [2.45, 2.75) is 6.23 Å². The highest BCUT2D eigenvalue weighted by atomic mass is 16.5. The molecule has 0 aliphatic carbocycles. The van der Waals surface area contributed by atoms with Crippen molar-refractivity contribution < 1.29 is 9.53 Å². The summed E-state index contributed by atoms with van der Waals surface area (Å²) in [6.45, 7) is 0. The van der Waals surface area contributed by atoms with Gasteiger partial charge in [-0.3, -0.25) is 9.69 Å². The molecule has 0 saturated heterocycles. The number of carbonyl (C=O) groups is 1. The summed E-state index contributed by atoms with van der Waals surface area (Å²) < 4.78 is 5.47. The van der Waals surface area contributed by atoms with Crippen LogP contribution in [0.3, 0.4) is 0 Å². The predicted molar refractivity (Wildman–Crippen MR) is 54.3 cm³/mol. The van der Waals surface area contributed by atoms with Crippen LogP contribution < -0.4 is 0 Å². The second-order valence-electron chi connectivity index (χ2n) is 3.48. The molecule has 2 heterocycles. The molecule has 1 aromatic rings. The SMILES string of the molecule is O=C1C=CC2=COC(c3ccccc3)N12. The van der Waals surface area contributed by atoms with Gasteiger partial charge in [-0.1, -0.05) is 30.3 Å². The van der Waals surface area contributed by atoms with E-state index in [9.17, 15) is 4.79 Å². The minimum absolute atomic E-state index is 0.0207. The van der Waals surface area contributed by atoms with Crippen LogP contribution in [0.4, 0.5) is 0 Å². The normalized spacial score (nSPS) is 22.7. The summed E-state index contributed by atoms with van der Waals surface area (Å²) in [6.07, 6.45) is 4.65. The molecule has 1 aromatic carbocycles. The van der Waals surface area contributed by atoms with Crippen molar-refractivity contribution >= 4 is 5.91 Å². The molecule has 2 aliphatic heterocycles. The number of rotatable bonds is 1.